The quantitative estimate of drug-likeness (QED) is 0.101. The van der Waals surface area contributed by atoms with Gasteiger partial charge in [-0.25, -0.2) is 9.78 Å². The van der Waals surface area contributed by atoms with Crippen LogP contribution >= 0.6 is 0 Å². The van der Waals surface area contributed by atoms with Gasteiger partial charge in [-0.2, -0.15) is 0 Å². The Morgan fingerprint density at radius 2 is 1.30 bits per heavy atom. The molecule has 3 aromatic rings. The largest absolute Gasteiger partial charge is 0.480 e. The number of pyridine rings is 1. The standard InChI is InChI=1S/C43H58N6O8/c1-7-22-49(23-8-2)42(55)33-21-15-20-32(45-33)39(52)47-34(25-30-16-11-9-12-17-30)37(50)27-38(51)46-35(24-28(3)4)40(53)44-29(5)41(54)48(6)36(43(56)57)26-31-18-13-10-14-19-31/h9-21,28-29,34-37,50H,7-8,22-27H2,1-6H3,(H,44,53)(H,46,51)(H,47,52)(H,56,57)/t29-,34-,35-,36+,37-/m0/s1. The predicted molar refractivity (Wildman–Crippen MR) is 216 cm³/mol. The lowest BCUT2D eigenvalue weighted by molar-refractivity contribution is -0.150. The number of rotatable bonds is 22. The number of aliphatic carboxylic acids is 1. The molecule has 0 aliphatic heterocycles. The lowest BCUT2D eigenvalue weighted by Crippen LogP contribution is -2.56. The van der Waals surface area contributed by atoms with Gasteiger partial charge in [0.25, 0.3) is 11.8 Å². The molecule has 14 nitrogen and oxygen atoms in total. The second-order valence-corrected chi connectivity index (χ2v) is 14.7. The minimum atomic E-state index is -1.40. The smallest absolute Gasteiger partial charge is 0.326 e. The highest BCUT2D eigenvalue weighted by Gasteiger charge is 2.33. The molecule has 0 spiro atoms. The Morgan fingerprint density at radius 3 is 1.84 bits per heavy atom. The minimum absolute atomic E-state index is 0.0266. The number of hydrogen-bond acceptors (Lipinski definition) is 8. The molecule has 1 aromatic heterocycles. The Bertz CT molecular complexity index is 1780. The maximum Gasteiger partial charge on any atom is 0.326 e. The number of hydrogen-bond donors (Lipinski definition) is 5. The molecule has 0 saturated heterocycles. The highest BCUT2D eigenvalue weighted by Crippen LogP contribution is 2.14. The third-order valence-electron chi connectivity index (χ3n) is 9.41. The average Bonchev–Trinajstić information content (AvgIpc) is 3.18. The third kappa shape index (κ3) is 14.4. The zero-order valence-corrected chi connectivity index (χ0v) is 33.8. The molecule has 0 saturated carbocycles. The molecule has 5 atom stereocenters. The first kappa shape index (κ1) is 45.8. The van der Waals surface area contributed by atoms with Crippen LogP contribution in [0.4, 0.5) is 0 Å². The van der Waals surface area contributed by atoms with Crippen LogP contribution in [-0.4, -0.2) is 111 Å². The van der Waals surface area contributed by atoms with E-state index in [4.69, 9.17) is 0 Å². The summed E-state index contributed by atoms with van der Waals surface area (Å²) >= 11 is 0. The van der Waals surface area contributed by atoms with E-state index < -0.39 is 66.3 Å². The summed E-state index contributed by atoms with van der Waals surface area (Å²) in [5, 5.41) is 29.4. The van der Waals surface area contributed by atoms with Crippen LogP contribution in [-0.2, 0) is 32.0 Å². The van der Waals surface area contributed by atoms with Gasteiger partial charge in [-0.3, -0.25) is 24.0 Å². The molecule has 0 radical (unpaired) electrons. The van der Waals surface area contributed by atoms with E-state index in [-0.39, 0.29) is 42.5 Å². The fourth-order valence-corrected chi connectivity index (χ4v) is 6.44. The van der Waals surface area contributed by atoms with Gasteiger partial charge in [0, 0.05) is 26.6 Å². The van der Waals surface area contributed by atoms with Crippen LogP contribution in [0.25, 0.3) is 0 Å². The van der Waals surface area contributed by atoms with Crippen LogP contribution in [0.5, 0.6) is 0 Å². The zero-order valence-electron chi connectivity index (χ0n) is 33.8. The number of carbonyl (C=O) groups excluding carboxylic acids is 5. The Hall–Kier alpha value is -5.63. The van der Waals surface area contributed by atoms with Gasteiger partial charge in [-0.15, -0.1) is 0 Å². The van der Waals surface area contributed by atoms with Gasteiger partial charge in [0.15, 0.2) is 0 Å². The zero-order chi connectivity index (χ0) is 42.1. The van der Waals surface area contributed by atoms with Crippen LogP contribution in [0.3, 0.4) is 0 Å². The Kier molecular flexibility index (Phi) is 18.3. The number of carbonyl (C=O) groups is 6. The van der Waals surface area contributed by atoms with Crippen LogP contribution in [0.2, 0.25) is 0 Å². The summed E-state index contributed by atoms with van der Waals surface area (Å²) in [6.45, 7) is 10.2. The fourth-order valence-electron chi connectivity index (χ4n) is 6.44. The van der Waals surface area contributed by atoms with Crippen LogP contribution < -0.4 is 16.0 Å². The van der Waals surface area contributed by atoms with E-state index in [0.717, 1.165) is 28.9 Å². The van der Waals surface area contributed by atoms with Crippen molar-refractivity contribution < 1.29 is 39.0 Å². The SMILES string of the molecule is CCCN(CCC)C(=O)c1cccc(C(=O)N[C@@H](Cc2ccccc2)[C@@H](O)CC(=O)N[C@@H](CC(C)C)C(=O)N[C@@H](C)C(=O)N(C)[C@H](Cc2ccccc2)C(=O)O)n1. The third-order valence-corrected chi connectivity index (χ3v) is 9.41. The lowest BCUT2D eigenvalue weighted by atomic mass is 9.98. The summed E-state index contributed by atoms with van der Waals surface area (Å²) in [5.41, 5.74) is 1.60. The second-order valence-electron chi connectivity index (χ2n) is 14.7. The molecule has 308 valence electrons. The number of benzene rings is 2. The van der Waals surface area contributed by atoms with Gasteiger partial charge in [0.1, 0.15) is 29.5 Å². The number of amides is 5. The van der Waals surface area contributed by atoms with Crippen LogP contribution in [0.15, 0.2) is 78.9 Å². The van der Waals surface area contributed by atoms with Gasteiger partial charge in [0.05, 0.1) is 18.6 Å². The highest BCUT2D eigenvalue weighted by molar-refractivity contribution is 5.97. The van der Waals surface area contributed by atoms with Crippen molar-refractivity contribution in [3.8, 4) is 0 Å². The predicted octanol–water partition coefficient (Wildman–Crippen LogP) is 3.63. The maximum atomic E-state index is 13.6. The molecule has 14 heteroatoms. The van der Waals surface area contributed by atoms with Crippen LogP contribution in [0.1, 0.15) is 92.4 Å². The number of nitrogens with one attached hydrogen (secondary N) is 3. The molecule has 57 heavy (non-hydrogen) atoms. The number of aliphatic hydroxyl groups excluding tert-OH is 1. The number of likely N-dealkylation sites (N-methyl/N-ethyl adjacent to an activating group) is 1. The van der Waals surface area contributed by atoms with Gasteiger partial charge >= 0.3 is 5.97 Å². The number of aromatic nitrogens is 1. The van der Waals surface area contributed by atoms with Crippen molar-refractivity contribution in [3.05, 3.63) is 101 Å². The molecule has 1 heterocycles. The molecule has 0 bridgehead atoms. The summed E-state index contributed by atoms with van der Waals surface area (Å²) in [4.78, 5) is 86.4. The summed E-state index contributed by atoms with van der Waals surface area (Å²) in [7, 11) is 1.37. The molecule has 5 N–H and O–H groups in total. The molecule has 0 fully saturated rings. The van der Waals surface area contributed by atoms with Crippen molar-refractivity contribution in [3.63, 3.8) is 0 Å². The van der Waals surface area contributed by atoms with Crippen molar-refractivity contribution in [2.75, 3.05) is 20.1 Å². The molecule has 0 unspecified atom stereocenters. The van der Waals surface area contributed by atoms with Gasteiger partial charge in [-0.05, 0) is 61.8 Å². The molecule has 0 aliphatic carbocycles. The molecular formula is C43H58N6O8. The minimum Gasteiger partial charge on any atom is -0.480 e. The van der Waals surface area contributed by atoms with Crippen molar-refractivity contribution in [2.45, 2.75) is 103 Å². The highest BCUT2D eigenvalue weighted by atomic mass is 16.4. The van der Waals surface area contributed by atoms with E-state index in [0.29, 0.717) is 13.1 Å². The fraction of sp³-hybridized carbons (Fsp3) is 0.465. The number of carboxylic acid groups (broad SMARTS) is 1. The summed E-state index contributed by atoms with van der Waals surface area (Å²) in [6.07, 6.45) is 0.0766. The van der Waals surface area contributed by atoms with Crippen molar-refractivity contribution in [1.29, 1.82) is 0 Å². The second kappa shape index (κ2) is 22.8. The molecular weight excluding hydrogens is 729 g/mol. The van der Waals surface area contributed by atoms with Gasteiger partial charge < -0.3 is 36.0 Å². The topological polar surface area (TPSA) is 198 Å². The summed E-state index contributed by atoms with van der Waals surface area (Å²) < 4.78 is 0. The monoisotopic (exact) mass is 786 g/mol. The first-order chi connectivity index (χ1) is 27.1. The van der Waals surface area contributed by atoms with Crippen molar-refractivity contribution >= 4 is 35.5 Å². The maximum absolute atomic E-state index is 13.6. The van der Waals surface area contributed by atoms with E-state index >= 15 is 0 Å². The average molecular weight is 787 g/mol. The molecule has 3 rings (SSSR count). The van der Waals surface area contributed by atoms with E-state index in [2.05, 4.69) is 20.9 Å². The Labute approximate surface area is 335 Å². The van der Waals surface area contributed by atoms with Crippen molar-refractivity contribution in [1.82, 2.24) is 30.7 Å². The lowest BCUT2D eigenvalue weighted by Gasteiger charge is -2.29. The number of carboxylic acids is 1. The van der Waals surface area contributed by atoms with Crippen LogP contribution in [0, 0.1) is 5.92 Å². The first-order valence-electron chi connectivity index (χ1n) is 19.6. The number of nitrogens with zero attached hydrogens (tertiary/aromatic N) is 3. The normalized spacial score (nSPS) is 13.7. The van der Waals surface area contributed by atoms with Gasteiger partial charge in [-0.1, -0.05) is 94.4 Å². The van der Waals surface area contributed by atoms with E-state index in [1.165, 1.54) is 20.0 Å². The Morgan fingerprint density at radius 1 is 0.737 bits per heavy atom. The van der Waals surface area contributed by atoms with E-state index in [1.807, 2.05) is 58.0 Å². The molecule has 2 aromatic carbocycles. The summed E-state index contributed by atoms with van der Waals surface area (Å²) in [5.74, 6) is -4.13. The Balaban J connectivity index is 1.73. The van der Waals surface area contributed by atoms with Gasteiger partial charge in [0.2, 0.25) is 17.7 Å². The summed E-state index contributed by atoms with van der Waals surface area (Å²) in [6, 6.07) is 18.2. The molecule has 0 aliphatic rings. The van der Waals surface area contributed by atoms with E-state index in [1.54, 1.807) is 47.4 Å². The molecule has 5 amide bonds. The van der Waals surface area contributed by atoms with Crippen molar-refractivity contribution in [2.24, 2.45) is 5.92 Å². The van der Waals surface area contributed by atoms with E-state index in [9.17, 15) is 39.0 Å². The first-order valence-corrected chi connectivity index (χ1v) is 19.6. The number of aliphatic hydroxyl groups is 1.